The van der Waals surface area contributed by atoms with Gasteiger partial charge in [-0.1, -0.05) is 194 Å². The Bertz CT molecular complexity index is 2300. The van der Waals surface area contributed by atoms with Crippen LogP contribution < -0.4 is 0 Å². The fourth-order valence-corrected chi connectivity index (χ4v) is 7.52. The highest BCUT2D eigenvalue weighted by atomic mass is 14.2. The average molecular weight is 635 g/mol. The van der Waals surface area contributed by atoms with Gasteiger partial charge in [-0.25, -0.2) is 0 Å². The first kappa shape index (κ1) is 29.6. The Morgan fingerprint density at radius 3 is 0.780 bits per heavy atom. The van der Waals surface area contributed by atoms with E-state index in [0.29, 0.717) is 0 Å². The minimum Gasteiger partial charge on any atom is -0.0622 e. The zero-order valence-corrected chi connectivity index (χ0v) is 27.6. The molecule has 0 fully saturated rings. The Morgan fingerprint density at radius 2 is 0.480 bits per heavy atom. The monoisotopic (exact) mass is 634 g/mol. The van der Waals surface area contributed by atoms with Crippen LogP contribution in [0.5, 0.6) is 0 Å². The Labute approximate surface area is 293 Å². The minimum atomic E-state index is 1.21. The lowest BCUT2D eigenvalue weighted by Crippen LogP contribution is -1.92. The van der Waals surface area contributed by atoms with E-state index in [1.54, 1.807) is 0 Å². The molecule has 0 heteroatoms. The minimum absolute atomic E-state index is 1.21. The van der Waals surface area contributed by atoms with Crippen molar-refractivity contribution in [1.29, 1.82) is 0 Å². The van der Waals surface area contributed by atoms with Crippen LogP contribution >= 0.6 is 0 Å². The molecule has 0 unspecified atom stereocenters. The fourth-order valence-electron chi connectivity index (χ4n) is 7.52. The SMILES string of the molecule is c1ccc(-c2cccc(-c3ccccc3)c2-c2ccc3ccc4ccc(-c5c(-c6ccccc6)cccc5-c5ccccc5)cc4c3c2)cc1. The molecule has 0 bridgehead atoms. The molecule has 0 heterocycles. The van der Waals surface area contributed by atoms with Crippen LogP contribution in [0.15, 0.2) is 206 Å². The molecule has 0 saturated heterocycles. The van der Waals surface area contributed by atoms with E-state index in [-0.39, 0.29) is 0 Å². The van der Waals surface area contributed by atoms with Crippen molar-refractivity contribution in [3.8, 4) is 66.8 Å². The molecule has 0 radical (unpaired) electrons. The molecule has 234 valence electrons. The zero-order valence-electron chi connectivity index (χ0n) is 27.6. The van der Waals surface area contributed by atoms with Crippen LogP contribution in [0.2, 0.25) is 0 Å². The Morgan fingerprint density at radius 1 is 0.200 bits per heavy atom. The number of hydrogen-bond donors (Lipinski definition) is 0. The summed E-state index contributed by atoms with van der Waals surface area (Å²) in [6.45, 7) is 0. The lowest BCUT2D eigenvalue weighted by Gasteiger charge is -2.18. The Balaban J connectivity index is 1.30. The second-order valence-electron chi connectivity index (χ2n) is 12.9. The summed E-state index contributed by atoms with van der Waals surface area (Å²) in [5.74, 6) is 0. The predicted molar refractivity (Wildman–Crippen MR) is 214 cm³/mol. The van der Waals surface area contributed by atoms with Crippen molar-refractivity contribution in [2.75, 3.05) is 0 Å². The van der Waals surface area contributed by atoms with Gasteiger partial charge in [-0.3, -0.25) is 0 Å². The van der Waals surface area contributed by atoms with Gasteiger partial charge in [-0.2, -0.15) is 0 Å². The topological polar surface area (TPSA) is 0 Å². The standard InChI is InChI=1S/C50H34/c1-5-15-35(16-6-1)43-23-13-24-44(36-17-7-2-8-18-36)49(43)41-31-29-39-27-28-40-30-32-42(34-48(40)47(39)33-41)50-45(37-19-9-3-10-20-37)25-14-26-46(50)38-21-11-4-12-22-38/h1-34H. The van der Waals surface area contributed by atoms with Gasteiger partial charge in [-0.05, 0) is 100 Å². The van der Waals surface area contributed by atoms with Crippen LogP contribution in [0, 0.1) is 0 Å². The summed E-state index contributed by atoms with van der Waals surface area (Å²) >= 11 is 0. The van der Waals surface area contributed by atoms with Gasteiger partial charge in [0.2, 0.25) is 0 Å². The number of fused-ring (bicyclic) bond motifs is 3. The maximum atomic E-state index is 2.41. The summed E-state index contributed by atoms with van der Waals surface area (Å²) in [5.41, 5.74) is 14.7. The van der Waals surface area contributed by atoms with Gasteiger partial charge in [0, 0.05) is 0 Å². The van der Waals surface area contributed by atoms with Gasteiger partial charge in [0.05, 0.1) is 0 Å². The summed E-state index contributed by atoms with van der Waals surface area (Å²) in [4.78, 5) is 0. The van der Waals surface area contributed by atoms with Crippen molar-refractivity contribution in [1.82, 2.24) is 0 Å². The fraction of sp³-hybridized carbons (Fsp3) is 0. The second-order valence-corrected chi connectivity index (χ2v) is 12.9. The summed E-state index contributed by atoms with van der Waals surface area (Å²) in [6, 6.07) is 75.0. The zero-order chi connectivity index (χ0) is 33.3. The predicted octanol–water partition coefficient (Wildman–Crippen LogP) is 14.0. The van der Waals surface area contributed by atoms with Gasteiger partial charge in [0.15, 0.2) is 0 Å². The van der Waals surface area contributed by atoms with Gasteiger partial charge in [0.1, 0.15) is 0 Å². The van der Waals surface area contributed by atoms with Crippen LogP contribution in [-0.4, -0.2) is 0 Å². The summed E-state index contributed by atoms with van der Waals surface area (Å²) in [5, 5.41) is 4.97. The normalized spacial score (nSPS) is 11.2. The van der Waals surface area contributed by atoms with Crippen LogP contribution in [0.3, 0.4) is 0 Å². The third kappa shape index (κ3) is 5.38. The van der Waals surface area contributed by atoms with Gasteiger partial charge < -0.3 is 0 Å². The molecule has 0 atom stereocenters. The van der Waals surface area contributed by atoms with E-state index >= 15 is 0 Å². The molecule has 0 amide bonds. The van der Waals surface area contributed by atoms with Crippen LogP contribution in [0.25, 0.3) is 88.3 Å². The molecule has 0 aliphatic rings. The first-order valence-corrected chi connectivity index (χ1v) is 17.3. The van der Waals surface area contributed by atoms with Crippen molar-refractivity contribution >= 4 is 21.5 Å². The highest BCUT2D eigenvalue weighted by Crippen LogP contribution is 2.44. The Kier molecular flexibility index (Phi) is 7.61. The lowest BCUT2D eigenvalue weighted by atomic mass is 9.85. The van der Waals surface area contributed by atoms with Crippen molar-refractivity contribution in [3.63, 3.8) is 0 Å². The largest absolute Gasteiger partial charge is 0.0622 e. The molecule has 0 nitrogen and oxygen atoms in total. The molecule has 0 aliphatic heterocycles. The number of hydrogen-bond acceptors (Lipinski definition) is 0. The van der Waals surface area contributed by atoms with Crippen molar-refractivity contribution in [3.05, 3.63) is 206 Å². The van der Waals surface area contributed by atoms with E-state index in [4.69, 9.17) is 0 Å². The summed E-state index contributed by atoms with van der Waals surface area (Å²) in [7, 11) is 0. The number of benzene rings is 9. The first-order valence-electron chi connectivity index (χ1n) is 17.3. The first-order chi connectivity index (χ1) is 24.8. The molecule has 9 aromatic carbocycles. The molecule has 0 N–H and O–H groups in total. The molecule has 0 saturated carbocycles. The molecular weight excluding hydrogens is 601 g/mol. The van der Waals surface area contributed by atoms with Crippen LogP contribution in [-0.2, 0) is 0 Å². The van der Waals surface area contributed by atoms with Crippen LogP contribution in [0.4, 0.5) is 0 Å². The lowest BCUT2D eigenvalue weighted by molar-refractivity contribution is 1.56. The van der Waals surface area contributed by atoms with Gasteiger partial charge in [-0.15, -0.1) is 0 Å². The third-order valence-corrected chi connectivity index (χ3v) is 9.88. The Hall–Kier alpha value is -6.50. The molecular formula is C50H34. The molecule has 0 aliphatic carbocycles. The molecule has 50 heavy (non-hydrogen) atoms. The summed E-state index contributed by atoms with van der Waals surface area (Å²) < 4.78 is 0. The third-order valence-electron chi connectivity index (χ3n) is 9.88. The van der Waals surface area contributed by atoms with E-state index in [2.05, 4.69) is 206 Å². The number of rotatable bonds is 6. The van der Waals surface area contributed by atoms with Crippen molar-refractivity contribution in [2.45, 2.75) is 0 Å². The van der Waals surface area contributed by atoms with Crippen molar-refractivity contribution in [2.24, 2.45) is 0 Å². The van der Waals surface area contributed by atoms with Crippen LogP contribution in [0.1, 0.15) is 0 Å². The quantitative estimate of drug-likeness (QED) is 0.160. The average Bonchev–Trinajstić information content (AvgIpc) is 3.21. The molecule has 0 aromatic heterocycles. The van der Waals surface area contributed by atoms with E-state index < -0.39 is 0 Å². The van der Waals surface area contributed by atoms with E-state index in [9.17, 15) is 0 Å². The molecule has 0 spiro atoms. The highest BCUT2D eigenvalue weighted by Gasteiger charge is 2.17. The molecule has 9 rings (SSSR count). The van der Waals surface area contributed by atoms with E-state index in [1.807, 2.05) is 0 Å². The maximum Gasteiger partial charge on any atom is -0.00266 e. The van der Waals surface area contributed by atoms with E-state index in [1.165, 1.54) is 88.3 Å². The summed E-state index contributed by atoms with van der Waals surface area (Å²) in [6.07, 6.45) is 0. The smallest absolute Gasteiger partial charge is 0.00266 e. The second kappa shape index (κ2) is 12.8. The van der Waals surface area contributed by atoms with Crippen molar-refractivity contribution < 1.29 is 0 Å². The van der Waals surface area contributed by atoms with Gasteiger partial charge >= 0.3 is 0 Å². The maximum absolute atomic E-state index is 2.41. The highest BCUT2D eigenvalue weighted by molar-refractivity contribution is 6.12. The molecule has 9 aromatic rings. The van der Waals surface area contributed by atoms with E-state index in [0.717, 1.165) is 0 Å². The van der Waals surface area contributed by atoms with Gasteiger partial charge in [0.25, 0.3) is 0 Å².